The molecule has 0 aliphatic rings. The number of rotatable bonds is 7. The van der Waals surface area contributed by atoms with E-state index < -0.39 is 0 Å². The van der Waals surface area contributed by atoms with Gasteiger partial charge in [-0.25, -0.2) is 0 Å². The minimum atomic E-state index is -0.134. The van der Waals surface area contributed by atoms with Crippen molar-refractivity contribution in [2.24, 2.45) is 0 Å². The van der Waals surface area contributed by atoms with E-state index in [1.165, 1.54) is 6.08 Å². The second-order valence-electron chi connectivity index (χ2n) is 5.59. The first-order valence-electron chi connectivity index (χ1n) is 7.91. The van der Waals surface area contributed by atoms with Crippen molar-refractivity contribution < 1.29 is 14.6 Å². The minimum Gasteiger partial charge on any atom is -0.496 e. The molecule has 0 atom stereocenters. The van der Waals surface area contributed by atoms with Crippen LogP contribution in [0.5, 0.6) is 5.75 Å². The van der Waals surface area contributed by atoms with Crippen molar-refractivity contribution in [1.82, 2.24) is 5.32 Å². The van der Waals surface area contributed by atoms with Gasteiger partial charge in [0.2, 0.25) is 5.91 Å². The molecule has 0 unspecified atom stereocenters. The molecule has 24 heavy (non-hydrogen) atoms. The fraction of sp³-hybridized carbons (Fsp3) is 0.250. The lowest BCUT2D eigenvalue weighted by Gasteiger charge is -2.06. The molecular weight excluding hydrogens is 302 g/mol. The molecule has 0 bridgehead atoms. The largest absolute Gasteiger partial charge is 0.496 e. The average molecular weight is 325 g/mol. The predicted molar refractivity (Wildman–Crippen MR) is 95.8 cm³/mol. The molecule has 126 valence electrons. The van der Waals surface area contributed by atoms with E-state index in [2.05, 4.69) is 5.32 Å². The van der Waals surface area contributed by atoms with Gasteiger partial charge in [0.1, 0.15) is 5.75 Å². The van der Waals surface area contributed by atoms with Crippen LogP contribution in [0.4, 0.5) is 0 Å². The lowest BCUT2D eigenvalue weighted by molar-refractivity contribution is -0.116. The Morgan fingerprint density at radius 3 is 2.54 bits per heavy atom. The van der Waals surface area contributed by atoms with E-state index >= 15 is 0 Å². The van der Waals surface area contributed by atoms with Crippen molar-refractivity contribution in [2.45, 2.75) is 20.0 Å². The summed E-state index contributed by atoms with van der Waals surface area (Å²) in [6, 6.07) is 13.5. The Kier molecular flexibility index (Phi) is 6.58. The Bertz CT molecular complexity index is 705. The second-order valence-corrected chi connectivity index (χ2v) is 5.59. The van der Waals surface area contributed by atoms with Gasteiger partial charge < -0.3 is 15.2 Å². The lowest BCUT2D eigenvalue weighted by atomic mass is 10.1. The highest BCUT2D eigenvalue weighted by atomic mass is 16.5. The van der Waals surface area contributed by atoms with Crippen LogP contribution in [-0.2, 0) is 17.8 Å². The van der Waals surface area contributed by atoms with E-state index in [-0.39, 0.29) is 12.5 Å². The van der Waals surface area contributed by atoms with Crippen molar-refractivity contribution >= 4 is 12.0 Å². The third-order valence-electron chi connectivity index (χ3n) is 3.72. The quantitative estimate of drug-likeness (QED) is 0.770. The van der Waals surface area contributed by atoms with Crippen molar-refractivity contribution in [2.75, 3.05) is 13.7 Å². The molecule has 0 fully saturated rings. The molecule has 0 aliphatic heterocycles. The van der Waals surface area contributed by atoms with Crippen LogP contribution in [0.2, 0.25) is 0 Å². The Hall–Kier alpha value is -2.59. The topological polar surface area (TPSA) is 58.6 Å². The number of nitrogens with one attached hydrogen (secondary N) is 1. The summed E-state index contributed by atoms with van der Waals surface area (Å²) in [5.74, 6) is 0.610. The molecule has 0 saturated heterocycles. The van der Waals surface area contributed by atoms with Gasteiger partial charge in [0.05, 0.1) is 13.7 Å². The standard InChI is InChI=1S/C20H23NO3/c1-15-3-9-19(24-2)18(13-15)8-10-20(23)21-12-11-16-4-6-17(14-22)7-5-16/h3-10,13,22H,11-12,14H2,1-2H3,(H,21,23)/b10-8+. The zero-order valence-electron chi connectivity index (χ0n) is 14.1. The normalized spacial score (nSPS) is 10.8. The van der Waals surface area contributed by atoms with Crippen LogP contribution in [0.15, 0.2) is 48.5 Å². The lowest BCUT2D eigenvalue weighted by Crippen LogP contribution is -2.23. The molecule has 0 aliphatic carbocycles. The third kappa shape index (κ3) is 5.25. The van der Waals surface area contributed by atoms with E-state index in [0.29, 0.717) is 6.54 Å². The van der Waals surface area contributed by atoms with Crippen LogP contribution < -0.4 is 10.1 Å². The van der Waals surface area contributed by atoms with Gasteiger partial charge >= 0.3 is 0 Å². The van der Waals surface area contributed by atoms with Crippen LogP contribution in [0.25, 0.3) is 6.08 Å². The van der Waals surface area contributed by atoms with Gasteiger partial charge in [-0.2, -0.15) is 0 Å². The first kappa shape index (κ1) is 17.8. The number of aliphatic hydroxyl groups excluding tert-OH is 1. The maximum absolute atomic E-state index is 11.9. The van der Waals surface area contributed by atoms with Crippen LogP contribution >= 0.6 is 0 Å². The fourth-order valence-corrected chi connectivity index (χ4v) is 2.35. The maximum Gasteiger partial charge on any atom is 0.244 e. The SMILES string of the molecule is COc1ccc(C)cc1/C=C/C(=O)NCCc1ccc(CO)cc1. The number of hydrogen-bond acceptors (Lipinski definition) is 3. The molecule has 0 spiro atoms. The Balaban J connectivity index is 1.85. The number of hydrogen-bond donors (Lipinski definition) is 2. The van der Waals surface area contributed by atoms with Crippen molar-refractivity contribution in [3.05, 3.63) is 70.8 Å². The van der Waals surface area contributed by atoms with Gasteiger partial charge in [0.15, 0.2) is 0 Å². The second kappa shape index (κ2) is 8.89. The maximum atomic E-state index is 11.9. The molecule has 2 rings (SSSR count). The molecule has 0 saturated carbocycles. The highest BCUT2D eigenvalue weighted by molar-refractivity contribution is 5.92. The van der Waals surface area contributed by atoms with Gasteiger partial charge in [-0.05, 0) is 42.7 Å². The first-order valence-corrected chi connectivity index (χ1v) is 7.91. The number of aryl methyl sites for hydroxylation is 1. The highest BCUT2D eigenvalue weighted by Crippen LogP contribution is 2.20. The summed E-state index contributed by atoms with van der Waals surface area (Å²) < 4.78 is 5.29. The Morgan fingerprint density at radius 1 is 1.17 bits per heavy atom. The van der Waals surface area contributed by atoms with E-state index in [1.54, 1.807) is 13.2 Å². The van der Waals surface area contributed by atoms with Crippen LogP contribution in [-0.4, -0.2) is 24.7 Å². The van der Waals surface area contributed by atoms with Gasteiger partial charge in [0.25, 0.3) is 0 Å². The molecule has 0 heterocycles. The highest BCUT2D eigenvalue weighted by Gasteiger charge is 2.01. The summed E-state index contributed by atoms with van der Waals surface area (Å²) >= 11 is 0. The first-order chi connectivity index (χ1) is 11.6. The molecule has 2 aromatic rings. The molecule has 0 radical (unpaired) electrons. The number of aliphatic hydroxyl groups is 1. The van der Waals surface area contributed by atoms with E-state index in [0.717, 1.165) is 34.4 Å². The number of carbonyl (C=O) groups excluding carboxylic acids is 1. The summed E-state index contributed by atoms with van der Waals surface area (Å²) in [5.41, 5.74) is 4.00. The van der Waals surface area contributed by atoms with Gasteiger partial charge in [-0.1, -0.05) is 35.9 Å². The van der Waals surface area contributed by atoms with Crippen LogP contribution in [0.1, 0.15) is 22.3 Å². The molecule has 2 aromatic carbocycles. The van der Waals surface area contributed by atoms with Gasteiger partial charge in [-0.15, -0.1) is 0 Å². The summed E-state index contributed by atoms with van der Waals surface area (Å²) in [6.45, 7) is 2.61. The van der Waals surface area contributed by atoms with Gasteiger partial charge in [-0.3, -0.25) is 4.79 Å². The van der Waals surface area contributed by atoms with E-state index in [1.807, 2.05) is 49.4 Å². The monoisotopic (exact) mass is 325 g/mol. The number of methoxy groups -OCH3 is 1. The number of ether oxygens (including phenoxy) is 1. The zero-order valence-corrected chi connectivity index (χ0v) is 14.1. The van der Waals surface area contributed by atoms with Crippen LogP contribution in [0.3, 0.4) is 0 Å². The van der Waals surface area contributed by atoms with E-state index in [4.69, 9.17) is 9.84 Å². The summed E-state index contributed by atoms with van der Waals surface area (Å²) in [4.78, 5) is 11.9. The molecule has 4 heteroatoms. The summed E-state index contributed by atoms with van der Waals surface area (Å²) in [6.07, 6.45) is 4.03. The van der Waals surface area contributed by atoms with Gasteiger partial charge in [0, 0.05) is 18.2 Å². The van der Waals surface area contributed by atoms with E-state index in [9.17, 15) is 4.79 Å². The van der Waals surface area contributed by atoms with Crippen molar-refractivity contribution in [3.8, 4) is 5.75 Å². The average Bonchev–Trinajstić information content (AvgIpc) is 2.60. The summed E-state index contributed by atoms with van der Waals surface area (Å²) in [7, 11) is 1.62. The van der Waals surface area contributed by atoms with Crippen molar-refractivity contribution in [3.63, 3.8) is 0 Å². The predicted octanol–water partition coefficient (Wildman–Crippen LogP) is 2.87. The third-order valence-corrected chi connectivity index (χ3v) is 3.72. The molecular formula is C20H23NO3. The minimum absolute atomic E-state index is 0.0459. The van der Waals surface area contributed by atoms with Crippen molar-refractivity contribution in [1.29, 1.82) is 0 Å². The zero-order chi connectivity index (χ0) is 17.4. The molecule has 2 N–H and O–H groups in total. The smallest absolute Gasteiger partial charge is 0.244 e. The fourth-order valence-electron chi connectivity index (χ4n) is 2.35. The Morgan fingerprint density at radius 2 is 1.88 bits per heavy atom. The summed E-state index contributed by atoms with van der Waals surface area (Å²) in [5, 5.41) is 11.9. The molecule has 1 amide bonds. The van der Waals surface area contributed by atoms with Crippen LogP contribution in [0, 0.1) is 6.92 Å². The number of amides is 1. The molecule has 0 aromatic heterocycles. The Labute approximate surface area is 142 Å². The molecule has 4 nitrogen and oxygen atoms in total. The number of benzene rings is 2. The number of carbonyl (C=O) groups is 1.